The molecule has 1 aliphatic rings. The molecule has 1 atom stereocenters. The predicted molar refractivity (Wildman–Crippen MR) is 32.7 cm³/mol. The molecule has 0 aromatic rings. The first-order valence-corrected chi connectivity index (χ1v) is 3.01. The Kier molecular flexibility index (Phi) is 1.29. The number of aliphatic hydroxyl groups excluding tert-OH is 1. The quantitative estimate of drug-likeness (QED) is 0.523. The van der Waals surface area contributed by atoms with Crippen molar-refractivity contribution in [2.75, 3.05) is 20.2 Å². The number of likely N-dealkylation sites (N-methyl/N-ethyl adjacent to an activating group) is 1. The van der Waals surface area contributed by atoms with Gasteiger partial charge in [0.1, 0.15) is 0 Å². The van der Waals surface area contributed by atoms with Crippen LogP contribution < -0.4 is 0 Å². The lowest BCUT2D eigenvalue weighted by Crippen LogP contribution is -2.57. The maximum atomic E-state index is 8.77. The van der Waals surface area contributed by atoms with Gasteiger partial charge in [-0.1, -0.05) is 0 Å². The van der Waals surface area contributed by atoms with E-state index in [1.54, 1.807) is 0 Å². The van der Waals surface area contributed by atoms with Crippen LogP contribution in [0.3, 0.4) is 0 Å². The van der Waals surface area contributed by atoms with E-state index in [1.807, 2.05) is 7.05 Å². The van der Waals surface area contributed by atoms with Crippen LogP contribution in [-0.4, -0.2) is 35.7 Å². The molecule has 1 heterocycles. The zero-order valence-corrected chi connectivity index (χ0v) is 5.52. The summed E-state index contributed by atoms with van der Waals surface area (Å²) in [4.78, 5) is 2.17. The molecule has 1 rings (SSSR count). The first-order chi connectivity index (χ1) is 3.69. The largest absolute Gasteiger partial charge is 0.394 e. The summed E-state index contributed by atoms with van der Waals surface area (Å²) in [6.07, 6.45) is 1.14. The van der Waals surface area contributed by atoms with E-state index in [1.165, 1.54) is 0 Å². The van der Waals surface area contributed by atoms with Gasteiger partial charge in [-0.15, -0.1) is 0 Å². The highest BCUT2D eigenvalue weighted by Crippen LogP contribution is 2.26. The number of nitrogens with zero attached hydrogens (tertiary/aromatic N) is 1. The standard InChI is InChI=1S/C6H13NO/c1-6(5-8)3-4-7(6)2/h8H,3-5H2,1-2H3. The monoisotopic (exact) mass is 115 g/mol. The van der Waals surface area contributed by atoms with E-state index in [-0.39, 0.29) is 5.54 Å². The van der Waals surface area contributed by atoms with Gasteiger partial charge in [0.2, 0.25) is 0 Å². The Labute approximate surface area is 50.1 Å². The molecule has 8 heavy (non-hydrogen) atoms. The molecule has 2 heteroatoms. The van der Waals surface area contributed by atoms with Crippen molar-refractivity contribution in [2.24, 2.45) is 0 Å². The fraction of sp³-hybridized carbons (Fsp3) is 1.00. The van der Waals surface area contributed by atoms with Gasteiger partial charge in [0.05, 0.1) is 6.61 Å². The van der Waals surface area contributed by atoms with Gasteiger partial charge in [0.25, 0.3) is 0 Å². The van der Waals surface area contributed by atoms with Crippen LogP contribution in [0.5, 0.6) is 0 Å². The molecule has 48 valence electrons. The first-order valence-electron chi connectivity index (χ1n) is 3.01. The second-order valence-corrected chi connectivity index (χ2v) is 2.83. The van der Waals surface area contributed by atoms with Gasteiger partial charge < -0.3 is 5.11 Å². The van der Waals surface area contributed by atoms with Gasteiger partial charge in [0.15, 0.2) is 0 Å². The summed E-state index contributed by atoms with van der Waals surface area (Å²) in [6.45, 7) is 3.51. The lowest BCUT2D eigenvalue weighted by atomic mass is 9.89. The second kappa shape index (κ2) is 1.71. The van der Waals surface area contributed by atoms with Crippen molar-refractivity contribution in [3.8, 4) is 0 Å². The Morgan fingerprint density at radius 2 is 2.38 bits per heavy atom. The number of rotatable bonds is 1. The van der Waals surface area contributed by atoms with E-state index in [4.69, 9.17) is 5.11 Å². The minimum absolute atomic E-state index is 0.111. The highest BCUT2D eigenvalue weighted by Gasteiger charge is 2.36. The molecule has 0 amide bonds. The lowest BCUT2D eigenvalue weighted by Gasteiger charge is -2.47. The molecule has 2 nitrogen and oxygen atoms in total. The Balaban J connectivity index is 2.42. The number of likely N-dealkylation sites (tertiary alicyclic amines) is 1. The summed E-state index contributed by atoms with van der Waals surface area (Å²) in [5.41, 5.74) is 0.111. The Morgan fingerprint density at radius 3 is 2.38 bits per heavy atom. The molecule has 1 unspecified atom stereocenters. The summed E-state index contributed by atoms with van der Waals surface area (Å²) >= 11 is 0. The van der Waals surface area contributed by atoms with Crippen LogP contribution >= 0.6 is 0 Å². The molecule has 0 radical (unpaired) electrons. The molecule has 0 aromatic heterocycles. The predicted octanol–water partition coefficient (Wildman–Crippen LogP) is 0.0729. The van der Waals surface area contributed by atoms with Gasteiger partial charge in [-0.25, -0.2) is 0 Å². The summed E-state index contributed by atoms with van der Waals surface area (Å²) in [5, 5.41) is 8.77. The van der Waals surface area contributed by atoms with E-state index >= 15 is 0 Å². The topological polar surface area (TPSA) is 23.5 Å². The summed E-state index contributed by atoms with van der Waals surface area (Å²) in [5.74, 6) is 0. The van der Waals surface area contributed by atoms with E-state index in [0.717, 1.165) is 13.0 Å². The minimum Gasteiger partial charge on any atom is -0.394 e. The van der Waals surface area contributed by atoms with Crippen molar-refractivity contribution in [1.29, 1.82) is 0 Å². The molecule has 1 N–H and O–H groups in total. The van der Waals surface area contributed by atoms with E-state index in [0.29, 0.717) is 6.61 Å². The zero-order chi connectivity index (χ0) is 6.20. The number of hydrogen-bond acceptors (Lipinski definition) is 2. The molecule has 0 aliphatic carbocycles. The number of aliphatic hydroxyl groups is 1. The number of hydrogen-bond donors (Lipinski definition) is 1. The highest BCUT2D eigenvalue weighted by molar-refractivity contribution is 4.92. The van der Waals surface area contributed by atoms with Crippen molar-refractivity contribution in [3.63, 3.8) is 0 Å². The third-order valence-corrected chi connectivity index (χ3v) is 2.25. The third-order valence-electron chi connectivity index (χ3n) is 2.25. The summed E-state index contributed by atoms with van der Waals surface area (Å²) in [6, 6.07) is 0. The average Bonchev–Trinajstić information content (AvgIpc) is 1.83. The van der Waals surface area contributed by atoms with E-state index in [2.05, 4.69) is 11.8 Å². The minimum atomic E-state index is 0.111. The van der Waals surface area contributed by atoms with Crippen molar-refractivity contribution in [3.05, 3.63) is 0 Å². The van der Waals surface area contributed by atoms with Crippen LogP contribution in [0.4, 0.5) is 0 Å². The van der Waals surface area contributed by atoms with Crippen molar-refractivity contribution in [1.82, 2.24) is 4.90 Å². The summed E-state index contributed by atoms with van der Waals surface area (Å²) < 4.78 is 0. The fourth-order valence-electron chi connectivity index (χ4n) is 0.917. The molecule has 1 aliphatic heterocycles. The third kappa shape index (κ3) is 0.644. The van der Waals surface area contributed by atoms with Gasteiger partial charge in [0, 0.05) is 12.1 Å². The Morgan fingerprint density at radius 1 is 1.75 bits per heavy atom. The molecule has 0 bridgehead atoms. The average molecular weight is 115 g/mol. The first kappa shape index (κ1) is 6.05. The molecule has 0 saturated carbocycles. The van der Waals surface area contributed by atoms with Crippen LogP contribution in [0.15, 0.2) is 0 Å². The lowest BCUT2D eigenvalue weighted by molar-refractivity contribution is -0.0190. The summed E-state index contributed by atoms with van der Waals surface area (Å²) in [7, 11) is 2.04. The zero-order valence-electron chi connectivity index (χ0n) is 5.52. The van der Waals surface area contributed by atoms with Crippen molar-refractivity contribution in [2.45, 2.75) is 18.9 Å². The Hall–Kier alpha value is -0.0800. The van der Waals surface area contributed by atoms with Crippen LogP contribution in [-0.2, 0) is 0 Å². The SMILES string of the molecule is CN1CCC1(C)CO. The van der Waals surface area contributed by atoms with Crippen LogP contribution in [0, 0.1) is 0 Å². The molecule has 1 fully saturated rings. The fourth-order valence-corrected chi connectivity index (χ4v) is 0.917. The van der Waals surface area contributed by atoms with E-state index < -0.39 is 0 Å². The van der Waals surface area contributed by atoms with Crippen LogP contribution in [0.1, 0.15) is 13.3 Å². The Bertz CT molecular complexity index is 90.5. The second-order valence-electron chi connectivity index (χ2n) is 2.83. The van der Waals surface area contributed by atoms with Gasteiger partial charge in [-0.05, 0) is 20.4 Å². The maximum Gasteiger partial charge on any atom is 0.0613 e. The molecule has 0 aromatic carbocycles. The molecular formula is C6H13NO. The van der Waals surface area contributed by atoms with Gasteiger partial charge >= 0.3 is 0 Å². The van der Waals surface area contributed by atoms with Crippen LogP contribution in [0.2, 0.25) is 0 Å². The molecule has 1 saturated heterocycles. The van der Waals surface area contributed by atoms with E-state index in [9.17, 15) is 0 Å². The van der Waals surface area contributed by atoms with Gasteiger partial charge in [-0.3, -0.25) is 4.90 Å². The molecule has 0 spiro atoms. The normalized spacial score (nSPS) is 39.4. The maximum absolute atomic E-state index is 8.77. The van der Waals surface area contributed by atoms with Crippen molar-refractivity contribution >= 4 is 0 Å². The van der Waals surface area contributed by atoms with Crippen LogP contribution in [0.25, 0.3) is 0 Å². The molecular weight excluding hydrogens is 102 g/mol. The van der Waals surface area contributed by atoms with Gasteiger partial charge in [-0.2, -0.15) is 0 Å². The smallest absolute Gasteiger partial charge is 0.0613 e. The highest BCUT2D eigenvalue weighted by atomic mass is 16.3. The van der Waals surface area contributed by atoms with Crippen molar-refractivity contribution < 1.29 is 5.11 Å².